The van der Waals surface area contributed by atoms with Crippen molar-refractivity contribution in [3.8, 4) is 11.3 Å². The molecule has 8 heteroatoms. The zero-order chi connectivity index (χ0) is 25.2. The largest absolute Gasteiger partial charge is 0.343 e. The number of thiazole rings is 1. The van der Waals surface area contributed by atoms with E-state index >= 15 is 0 Å². The van der Waals surface area contributed by atoms with Gasteiger partial charge in [0.2, 0.25) is 5.91 Å². The molecule has 4 rings (SSSR count). The van der Waals surface area contributed by atoms with Crippen LogP contribution in [-0.4, -0.2) is 27.9 Å². The number of nitrogens with one attached hydrogen (secondary N) is 2. The average Bonchev–Trinajstić information content (AvgIpc) is 3.33. The van der Waals surface area contributed by atoms with Crippen LogP contribution in [0.15, 0.2) is 64.9 Å². The van der Waals surface area contributed by atoms with E-state index in [2.05, 4.69) is 36.4 Å². The third kappa shape index (κ3) is 5.33. The Hall–Kier alpha value is -3.78. The van der Waals surface area contributed by atoms with Crippen LogP contribution in [0, 0.1) is 0 Å². The summed E-state index contributed by atoms with van der Waals surface area (Å²) in [6, 6.07) is 15.0. The van der Waals surface area contributed by atoms with Gasteiger partial charge in [-0.15, -0.1) is 11.3 Å². The maximum Gasteiger partial charge on any atom is 0.258 e. The molecule has 2 N–H and O–H groups in total. The second kappa shape index (κ2) is 9.84. The van der Waals surface area contributed by atoms with Crippen LogP contribution in [-0.2, 0) is 17.3 Å². The van der Waals surface area contributed by atoms with E-state index < -0.39 is 0 Å². The van der Waals surface area contributed by atoms with Crippen molar-refractivity contribution < 1.29 is 9.59 Å². The summed E-state index contributed by atoms with van der Waals surface area (Å²) >= 11 is 1.28. The van der Waals surface area contributed by atoms with Crippen molar-refractivity contribution >= 4 is 39.1 Å². The number of nitrogens with zero attached hydrogens (tertiary/aromatic N) is 2. The van der Waals surface area contributed by atoms with Gasteiger partial charge in [-0.1, -0.05) is 45.0 Å². The molecule has 0 fully saturated rings. The molecule has 0 atom stereocenters. The zero-order valence-corrected chi connectivity index (χ0v) is 21.0. The highest BCUT2D eigenvalue weighted by Crippen LogP contribution is 2.28. The van der Waals surface area contributed by atoms with Gasteiger partial charge in [-0.05, 0) is 47.1 Å². The smallest absolute Gasteiger partial charge is 0.258 e. The molecule has 7 nitrogen and oxygen atoms in total. The summed E-state index contributed by atoms with van der Waals surface area (Å²) < 4.78 is 1.54. The number of pyridine rings is 1. The monoisotopic (exact) mass is 488 g/mol. The van der Waals surface area contributed by atoms with Crippen molar-refractivity contribution in [3.63, 3.8) is 0 Å². The maximum absolute atomic E-state index is 12.6. The fraction of sp³-hybridized carbons (Fsp3) is 0.259. The molecule has 0 aliphatic heterocycles. The van der Waals surface area contributed by atoms with Gasteiger partial charge in [0.15, 0.2) is 5.13 Å². The zero-order valence-electron chi connectivity index (χ0n) is 20.2. The fourth-order valence-electron chi connectivity index (χ4n) is 3.67. The highest BCUT2D eigenvalue weighted by atomic mass is 32.1. The molecular formula is C27H28N4O3S. The molecule has 2 heterocycles. The van der Waals surface area contributed by atoms with Gasteiger partial charge in [0.1, 0.15) is 0 Å². The summed E-state index contributed by atoms with van der Waals surface area (Å²) in [7, 11) is 1.71. The number of carbonyl (C=O) groups is 2. The first-order valence-electron chi connectivity index (χ1n) is 11.4. The summed E-state index contributed by atoms with van der Waals surface area (Å²) in [4.78, 5) is 41.9. The molecule has 4 aromatic rings. The number of amides is 2. The SMILES string of the molecule is CCC(C)(C)c1cccc(C(=O)NCC(=O)Nc2nc(-c3ccc4ccn(C)c(=O)c4c3)cs2)c1. The molecule has 2 aromatic heterocycles. The van der Waals surface area contributed by atoms with E-state index in [-0.39, 0.29) is 29.3 Å². The second-order valence-electron chi connectivity index (χ2n) is 9.12. The van der Waals surface area contributed by atoms with Crippen LogP contribution < -0.4 is 16.2 Å². The topological polar surface area (TPSA) is 93.1 Å². The van der Waals surface area contributed by atoms with Crippen LogP contribution in [0.3, 0.4) is 0 Å². The van der Waals surface area contributed by atoms with Crippen LogP contribution in [0.1, 0.15) is 43.1 Å². The van der Waals surface area contributed by atoms with Gasteiger partial charge in [0.25, 0.3) is 11.5 Å². The van der Waals surface area contributed by atoms with Gasteiger partial charge in [-0.3, -0.25) is 14.4 Å². The molecule has 2 amide bonds. The van der Waals surface area contributed by atoms with Crippen LogP contribution in [0.5, 0.6) is 0 Å². The summed E-state index contributed by atoms with van der Waals surface area (Å²) in [6.07, 6.45) is 2.69. The third-order valence-corrected chi connectivity index (χ3v) is 7.09. The van der Waals surface area contributed by atoms with Gasteiger partial charge < -0.3 is 15.2 Å². The van der Waals surface area contributed by atoms with E-state index in [9.17, 15) is 14.4 Å². The molecule has 0 saturated carbocycles. The number of rotatable bonds is 7. The van der Waals surface area contributed by atoms with Gasteiger partial charge in [-0.25, -0.2) is 4.98 Å². The minimum Gasteiger partial charge on any atom is -0.343 e. The first-order chi connectivity index (χ1) is 16.7. The minimum absolute atomic E-state index is 0.0336. The van der Waals surface area contributed by atoms with E-state index in [0.717, 1.165) is 22.9 Å². The van der Waals surface area contributed by atoms with Gasteiger partial charge in [0, 0.05) is 35.1 Å². The lowest BCUT2D eigenvalue weighted by molar-refractivity contribution is -0.115. The molecule has 0 spiro atoms. The lowest BCUT2D eigenvalue weighted by Crippen LogP contribution is -2.33. The number of anilines is 1. The third-order valence-electron chi connectivity index (χ3n) is 6.33. The maximum atomic E-state index is 12.6. The van der Waals surface area contributed by atoms with Crippen LogP contribution in [0.25, 0.3) is 22.0 Å². The fourth-order valence-corrected chi connectivity index (χ4v) is 4.41. The highest BCUT2D eigenvalue weighted by Gasteiger charge is 2.19. The molecule has 0 unspecified atom stereocenters. The molecule has 0 radical (unpaired) electrons. The molecule has 0 bridgehead atoms. The first-order valence-corrected chi connectivity index (χ1v) is 12.3. The van der Waals surface area contributed by atoms with Gasteiger partial charge in [-0.2, -0.15) is 0 Å². The number of benzene rings is 2. The predicted molar refractivity (Wildman–Crippen MR) is 141 cm³/mol. The molecule has 0 aliphatic carbocycles. The second-order valence-corrected chi connectivity index (χ2v) is 9.98. The molecule has 180 valence electrons. The summed E-state index contributed by atoms with van der Waals surface area (Å²) in [5.41, 5.74) is 2.95. The van der Waals surface area contributed by atoms with Crippen LogP contribution in [0.4, 0.5) is 5.13 Å². The Labute approximate surface area is 207 Å². The highest BCUT2D eigenvalue weighted by molar-refractivity contribution is 7.14. The number of aromatic nitrogens is 2. The van der Waals surface area contributed by atoms with Crippen molar-refractivity contribution in [1.82, 2.24) is 14.9 Å². The summed E-state index contributed by atoms with van der Waals surface area (Å²) in [6.45, 7) is 6.22. The van der Waals surface area contributed by atoms with E-state index in [0.29, 0.717) is 21.8 Å². The average molecular weight is 489 g/mol. The molecule has 0 saturated heterocycles. The summed E-state index contributed by atoms with van der Waals surface area (Å²) in [5, 5.41) is 9.12. The van der Waals surface area contributed by atoms with E-state index in [1.165, 1.54) is 15.9 Å². The standard InChI is InChI=1S/C27H28N4O3S/c1-5-27(2,3)20-8-6-7-19(13-20)24(33)28-15-23(32)30-26-29-22(16-35-26)18-10-9-17-11-12-31(4)25(34)21(17)14-18/h6-14,16H,5,15H2,1-4H3,(H,28,33)(H,29,30,32). The van der Waals surface area contributed by atoms with Gasteiger partial charge in [0.05, 0.1) is 12.2 Å². The lowest BCUT2D eigenvalue weighted by Gasteiger charge is -2.23. The molecule has 35 heavy (non-hydrogen) atoms. The Kier molecular flexibility index (Phi) is 6.84. The lowest BCUT2D eigenvalue weighted by atomic mass is 9.81. The quantitative estimate of drug-likeness (QED) is 0.394. The predicted octanol–water partition coefficient (Wildman–Crippen LogP) is 4.72. The Morgan fingerprint density at radius 1 is 1.11 bits per heavy atom. The van der Waals surface area contributed by atoms with E-state index in [1.54, 1.807) is 19.3 Å². The van der Waals surface area contributed by atoms with Crippen molar-refractivity contribution in [2.45, 2.75) is 32.6 Å². The van der Waals surface area contributed by atoms with E-state index in [1.807, 2.05) is 47.8 Å². The number of carbonyl (C=O) groups excluding carboxylic acids is 2. The van der Waals surface area contributed by atoms with Crippen molar-refractivity contribution in [2.24, 2.45) is 7.05 Å². The Morgan fingerprint density at radius 2 is 1.91 bits per heavy atom. The first kappa shape index (κ1) is 24.3. The minimum atomic E-state index is -0.364. The van der Waals surface area contributed by atoms with Crippen molar-refractivity contribution in [2.75, 3.05) is 11.9 Å². The van der Waals surface area contributed by atoms with Crippen molar-refractivity contribution in [3.05, 3.63) is 81.6 Å². The molecule has 0 aliphatic rings. The van der Waals surface area contributed by atoms with Gasteiger partial charge >= 0.3 is 0 Å². The normalized spacial score (nSPS) is 11.4. The number of aryl methyl sites for hydroxylation is 1. The number of hydrogen-bond acceptors (Lipinski definition) is 5. The Morgan fingerprint density at radius 3 is 2.69 bits per heavy atom. The van der Waals surface area contributed by atoms with E-state index in [4.69, 9.17) is 0 Å². The summed E-state index contributed by atoms with van der Waals surface area (Å²) in [5.74, 6) is -0.664. The number of hydrogen-bond donors (Lipinski definition) is 2. The van der Waals surface area contributed by atoms with Crippen molar-refractivity contribution in [1.29, 1.82) is 0 Å². The Bertz CT molecular complexity index is 1470. The Balaban J connectivity index is 1.40. The number of fused-ring (bicyclic) bond motifs is 1. The molecular weight excluding hydrogens is 460 g/mol. The van der Waals surface area contributed by atoms with Crippen LogP contribution >= 0.6 is 11.3 Å². The molecule has 2 aromatic carbocycles. The van der Waals surface area contributed by atoms with Crippen LogP contribution in [0.2, 0.25) is 0 Å².